The zero-order chi connectivity index (χ0) is 12.5. The van der Waals surface area contributed by atoms with Crippen molar-refractivity contribution in [3.63, 3.8) is 0 Å². The highest BCUT2D eigenvalue weighted by Crippen LogP contribution is 2.24. The lowest BCUT2D eigenvalue weighted by Gasteiger charge is -2.34. The third kappa shape index (κ3) is 2.62. The molecule has 0 spiro atoms. The van der Waals surface area contributed by atoms with Gasteiger partial charge in [0.25, 0.3) is 5.91 Å². The van der Waals surface area contributed by atoms with Gasteiger partial charge in [0.15, 0.2) is 5.69 Å². The summed E-state index contributed by atoms with van der Waals surface area (Å²) in [5, 5.41) is 3.74. The smallest absolute Gasteiger partial charge is 0.276 e. The van der Waals surface area contributed by atoms with Gasteiger partial charge in [-0.3, -0.25) is 4.79 Å². The van der Waals surface area contributed by atoms with E-state index in [4.69, 9.17) is 4.52 Å². The molecule has 0 radical (unpaired) electrons. The van der Waals surface area contributed by atoms with Crippen LogP contribution in [0.15, 0.2) is 10.6 Å². The molecule has 0 aliphatic rings. The summed E-state index contributed by atoms with van der Waals surface area (Å²) in [6.45, 7) is 10.1. The van der Waals surface area contributed by atoms with Gasteiger partial charge in [-0.25, -0.2) is 0 Å². The highest BCUT2D eigenvalue weighted by molar-refractivity contribution is 5.92. The summed E-state index contributed by atoms with van der Waals surface area (Å²) >= 11 is 0. The van der Waals surface area contributed by atoms with Crippen LogP contribution in [0.3, 0.4) is 0 Å². The Morgan fingerprint density at radius 2 is 2.06 bits per heavy atom. The topological polar surface area (TPSA) is 46.3 Å². The lowest BCUT2D eigenvalue weighted by atomic mass is 9.87. The van der Waals surface area contributed by atoms with Crippen molar-refractivity contribution in [1.29, 1.82) is 0 Å². The first-order valence-corrected chi connectivity index (χ1v) is 5.44. The second-order valence-electron chi connectivity index (χ2n) is 5.28. The number of rotatable bonds is 2. The molecule has 4 heteroatoms. The third-order valence-electron chi connectivity index (χ3n) is 3.00. The average molecular weight is 224 g/mol. The van der Waals surface area contributed by atoms with Crippen molar-refractivity contribution in [3.8, 4) is 0 Å². The Kier molecular flexibility index (Phi) is 3.41. The molecule has 0 fully saturated rings. The minimum absolute atomic E-state index is 0.0448. The summed E-state index contributed by atoms with van der Waals surface area (Å²) in [6, 6.07) is 1.80. The van der Waals surface area contributed by atoms with Crippen LogP contribution in [-0.2, 0) is 0 Å². The highest BCUT2D eigenvalue weighted by Gasteiger charge is 2.28. The standard InChI is InChI=1S/C12H20N2O2/c1-8-7-10(13-16-8)11(15)14(6)9(2)12(3,4)5/h7,9H,1-6H3/t9-/m0/s1. The third-order valence-corrected chi connectivity index (χ3v) is 3.00. The fourth-order valence-corrected chi connectivity index (χ4v) is 1.40. The van der Waals surface area contributed by atoms with Gasteiger partial charge in [0.05, 0.1) is 0 Å². The number of carbonyl (C=O) groups is 1. The van der Waals surface area contributed by atoms with Crippen LogP contribution in [0.1, 0.15) is 43.9 Å². The first kappa shape index (κ1) is 12.7. The first-order chi connectivity index (χ1) is 7.23. The summed E-state index contributed by atoms with van der Waals surface area (Å²) in [5.74, 6) is 0.555. The molecule has 0 aromatic carbocycles. The summed E-state index contributed by atoms with van der Waals surface area (Å²) in [5.41, 5.74) is 0.416. The van der Waals surface area contributed by atoms with E-state index in [9.17, 15) is 4.79 Å². The van der Waals surface area contributed by atoms with Crippen molar-refractivity contribution in [2.24, 2.45) is 5.41 Å². The average Bonchev–Trinajstić information content (AvgIpc) is 2.60. The summed E-state index contributed by atoms with van der Waals surface area (Å²) < 4.78 is 4.90. The SMILES string of the molecule is Cc1cc(C(=O)N(C)[C@@H](C)C(C)(C)C)no1. The molecule has 0 N–H and O–H groups in total. The molecule has 1 aromatic heterocycles. The van der Waals surface area contributed by atoms with Crippen LogP contribution in [0.2, 0.25) is 0 Å². The molecule has 4 nitrogen and oxygen atoms in total. The molecule has 16 heavy (non-hydrogen) atoms. The van der Waals surface area contributed by atoms with Crippen molar-refractivity contribution in [2.45, 2.75) is 40.7 Å². The van der Waals surface area contributed by atoms with Crippen molar-refractivity contribution < 1.29 is 9.32 Å². The predicted molar refractivity (Wildman–Crippen MR) is 62.3 cm³/mol. The summed E-state index contributed by atoms with van der Waals surface area (Å²) in [7, 11) is 1.79. The van der Waals surface area contributed by atoms with E-state index in [0.717, 1.165) is 0 Å². The van der Waals surface area contributed by atoms with Crippen molar-refractivity contribution in [3.05, 3.63) is 17.5 Å². The predicted octanol–water partition coefficient (Wildman–Crippen LogP) is 2.49. The van der Waals surface area contributed by atoms with Gasteiger partial charge in [0.2, 0.25) is 0 Å². The number of hydrogen-bond donors (Lipinski definition) is 0. The van der Waals surface area contributed by atoms with Crippen LogP contribution in [0.5, 0.6) is 0 Å². The lowest BCUT2D eigenvalue weighted by Crippen LogP contribution is -2.43. The van der Waals surface area contributed by atoms with E-state index in [1.165, 1.54) is 0 Å². The summed E-state index contributed by atoms with van der Waals surface area (Å²) in [4.78, 5) is 13.8. The van der Waals surface area contributed by atoms with Gasteiger partial charge in [0, 0.05) is 19.2 Å². The highest BCUT2D eigenvalue weighted by atomic mass is 16.5. The Balaban J connectivity index is 2.83. The lowest BCUT2D eigenvalue weighted by molar-refractivity contribution is 0.0619. The molecule has 1 atom stereocenters. The second kappa shape index (κ2) is 4.28. The molecule has 0 aliphatic heterocycles. The molecular formula is C12H20N2O2. The number of aromatic nitrogens is 1. The molecule has 1 aromatic rings. The van der Waals surface area contributed by atoms with E-state index in [1.807, 2.05) is 6.92 Å². The molecule has 0 saturated carbocycles. The van der Waals surface area contributed by atoms with Crippen LogP contribution >= 0.6 is 0 Å². The maximum Gasteiger partial charge on any atom is 0.276 e. The van der Waals surface area contributed by atoms with Gasteiger partial charge in [-0.15, -0.1) is 0 Å². The zero-order valence-corrected chi connectivity index (χ0v) is 10.9. The van der Waals surface area contributed by atoms with Gasteiger partial charge in [0.1, 0.15) is 5.76 Å². The van der Waals surface area contributed by atoms with Crippen LogP contribution in [0, 0.1) is 12.3 Å². The maximum absolute atomic E-state index is 12.0. The molecule has 90 valence electrons. The van der Waals surface area contributed by atoms with Crippen molar-refractivity contribution in [2.75, 3.05) is 7.05 Å². The first-order valence-electron chi connectivity index (χ1n) is 5.44. The molecule has 0 saturated heterocycles. The zero-order valence-electron chi connectivity index (χ0n) is 10.9. The Labute approximate surface area is 96.6 Å². The molecule has 0 unspecified atom stereocenters. The molecule has 1 heterocycles. The molecule has 0 aliphatic carbocycles. The van der Waals surface area contributed by atoms with E-state index < -0.39 is 0 Å². The van der Waals surface area contributed by atoms with Crippen LogP contribution in [0.4, 0.5) is 0 Å². The van der Waals surface area contributed by atoms with E-state index in [1.54, 1.807) is 24.9 Å². The maximum atomic E-state index is 12.0. The number of aryl methyl sites for hydroxylation is 1. The Bertz CT molecular complexity index is 377. The van der Waals surface area contributed by atoms with Gasteiger partial charge in [-0.1, -0.05) is 25.9 Å². The summed E-state index contributed by atoms with van der Waals surface area (Å²) in [6.07, 6.45) is 0. The molecule has 1 amide bonds. The normalized spacial score (nSPS) is 13.6. The van der Waals surface area contributed by atoms with Gasteiger partial charge >= 0.3 is 0 Å². The fourth-order valence-electron chi connectivity index (χ4n) is 1.40. The second-order valence-corrected chi connectivity index (χ2v) is 5.28. The Morgan fingerprint density at radius 1 is 1.50 bits per heavy atom. The molecular weight excluding hydrogens is 204 g/mol. The number of amides is 1. The van der Waals surface area contributed by atoms with Gasteiger partial charge in [-0.05, 0) is 19.3 Å². The largest absolute Gasteiger partial charge is 0.361 e. The van der Waals surface area contributed by atoms with Crippen LogP contribution in [-0.4, -0.2) is 29.1 Å². The Hall–Kier alpha value is -1.32. The molecule has 0 bridgehead atoms. The fraction of sp³-hybridized carbons (Fsp3) is 0.667. The quantitative estimate of drug-likeness (QED) is 0.775. The van der Waals surface area contributed by atoms with E-state index in [0.29, 0.717) is 11.5 Å². The van der Waals surface area contributed by atoms with Crippen molar-refractivity contribution >= 4 is 5.91 Å². The van der Waals surface area contributed by atoms with Gasteiger partial charge in [-0.2, -0.15) is 0 Å². The molecule has 1 rings (SSSR count). The number of carbonyl (C=O) groups excluding carboxylic acids is 1. The van der Waals surface area contributed by atoms with Crippen LogP contribution < -0.4 is 0 Å². The van der Waals surface area contributed by atoms with E-state index in [-0.39, 0.29) is 17.4 Å². The minimum Gasteiger partial charge on any atom is -0.361 e. The minimum atomic E-state index is -0.0979. The Morgan fingerprint density at radius 3 is 2.44 bits per heavy atom. The monoisotopic (exact) mass is 224 g/mol. The van der Waals surface area contributed by atoms with E-state index >= 15 is 0 Å². The van der Waals surface area contributed by atoms with Crippen molar-refractivity contribution in [1.82, 2.24) is 10.1 Å². The van der Waals surface area contributed by atoms with Crippen LogP contribution in [0.25, 0.3) is 0 Å². The van der Waals surface area contributed by atoms with E-state index in [2.05, 4.69) is 25.9 Å². The number of nitrogens with zero attached hydrogens (tertiary/aromatic N) is 2. The van der Waals surface area contributed by atoms with Gasteiger partial charge < -0.3 is 9.42 Å². The number of hydrogen-bond acceptors (Lipinski definition) is 3.